The quantitative estimate of drug-likeness (QED) is 0.593. The lowest BCUT2D eigenvalue weighted by molar-refractivity contribution is -0.134. The minimum atomic E-state index is -0.126. The number of hydrogen-bond acceptors (Lipinski definition) is 2. The molecule has 1 N–H and O–H groups in total. The Morgan fingerprint density at radius 1 is 1.33 bits per heavy atom. The van der Waals surface area contributed by atoms with Crippen LogP contribution in [-0.4, -0.2) is 36.0 Å². The summed E-state index contributed by atoms with van der Waals surface area (Å²) in [6, 6.07) is 0. The maximum Gasteiger partial charge on any atom is 0.298 e. The van der Waals surface area contributed by atoms with E-state index in [4.69, 9.17) is 6.42 Å². The maximum absolute atomic E-state index is 11.7. The third-order valence-corrected chi connectivity index (χ3v) is 3.69. The van der Waals surface area contributed by atoms with Crippen molar-refractivity contribution in [3.05, 3.63) is 0 Å². The van der Waals surface area contributed by atoms with Gasteiger partial charge in [-0.1, -0.05) is 19.3 Å². The van der Waals surface area contributed by atoms with E-state index in [0.29, 0.717) is 0 Å². The SMILES string of the molecule is C#CC(=O)N1CCNCC12CCCCC2. The normalized spacial score (nSPS) is 24.9. The van der Waals surface area contributed by atoms with Crippen molar-refractivity contribution in [2.75, 3.05) is 19.6 Å². The molecule has 0 bridgehead atoms. The standard InChI is InChI=1S/C12H18N2O/c1-2-11(15)14-9-8-13-10-12(14)6-4-3-5-7-12/h1,13H,3-10H2. The summed E-state index contributed by atoms with van der Waals surface area (Å²) < 4.78 is 0. The van der Waals surface area contributed by atoms with Crippen molar-refractivity contribution in [1.82, 2.24) is 10.2 Å². The predicted molar refractivity (Wildman–Crippen MR) is 59.2 cm³/mol. The van der Waals surface area contributed by atoms with E-state index in [-0.39, 0.29) is 11.4 Å². The number of nitrogens with zero attached hydrogens (tertiary/aromatic N) is 1. The summed E-state index contributed by atoms with van der Waals surface area (Å²) in [5.74, 6) is 2.14. The molecular weight excluding hydrogens is 188 g/mol. The molecule has 1 saturated heterocycles. The van der Waals surface area contributed by atoms with Crippen LogP contribution in [0.1, 0.15) is 32.1 Å². The zero-order valence-electron chi connectivity index (χ0n) is 9.09. The minimum absolute atomic E-state index is 0.0277. The van der Waals surface area contributed by atoms with Crippen LogP contribution in [0.3, 0.4) is 0 Å². The monoisotopic (exact) mass is 206 g/mol. The average molecular weight is 206 g/mol. The molecule has 0 aromatic rings. The van der Waals surface area contributed by atoms with E-state index in [1.807, 2.05) is 4.90 Å². The van der Waals surface area contributed by atoms with Crippen LogP contribution >= 0.6 is 0 Å². The van der Waals surface area contributed by atoms with Gasteiger partial charge in [0.05, 0.1) is 5.54 Å². The molecule has 15 heavy (non-hydrogen) atoms. The van der Waals surface area contributed by atoms with E-state index in [2.05, 4.69) is 11.2 Å². The Labute approximate surface area is 91.2 Å². The molecule has 1 spiro atoms. The molecule has 2 rings (SSSR count). The Bertz CT molecular complexity index is 278. The zero-order chi connectivity index (χ0) is 10.7. The summed E-state index contributed by atoms with van der Waals surface area (Å²) in [7, 11) is 0. The van der Waals surface area contributed by atoms with E-state index >= 15 is 0 Å². The predicted octanol–water partition coefficient (Wildman–Crippen LogP) is 0.754. The van der Waals surface area contributed by atoms with Crippen molar-refractivity contribution in [3.63, 3.8) is 0 Å². The lowest BCUT2D eigenvalue weighted by Gasteiger charge is -2.49. The fourth-order valence-corrected chi connectivity index (χ4v) is 2.90. The number of hydrogen-bond donors (Lipinski definition) is 1. The Morgan fingerprint density at radius 3 is 2.73 bits per heavy atom. The van der Waals surface area contributed by atoms with E-state index in [1.54, 1.807) is 0 Å². The van der Waals surface area contributed by atoms with E-state index in [9.17, 15) is 4.79 Å². The van der Waals surface area contributed by atoms with Gasteiger partial charge in [-0.25, -0.2) is 0 Å². The molecule has 2 fully saturated rings. The zero-order valence-corrected chi connectivity index (χ0v) is 9.09. The van der Waals surface area contributed by atoms with Crippen molar-refractivity contribution < 1.29 is 4.79 Å². The minimum Gasteiger partial charge on any atom is -0.324 e. The highest BCUT2D eigenvalue weighted by Crippen LogP contribution is 2.34. The topological polar surface area (TPSA) is 32.3 Å². The molecule has 3 heteroatoms. The second kappa shape index (κ2) is 4.24. The summed E-state index contributed by atoms with van der Waals surface area (Å²) >= 11 is 0. The van der Waals surface area contributed by atoms with Gasteiger partial charge in [-0.2, -0.15) is 0 Å². The first kappa shape index (κ1) is 10.5. The van der Waals surface area contributed by atoms with Gasteiger partial charge in [-0.15, -0.1) is 6.42 Å². The van der Waals surface area contributed by atoms with Crippen LogP contribution in [0, 0.1) is 12.3 Å². The van der Waals surface area contributed by atoms with Gasteiger partial charge in [0, 0.05) is 19.6 Å². The summed E-state index contributed by atoms with van der Waals surface area (Å²) in [6.07, 6.45) is 11.2. The Morgan fingerprint density at radius 2 is 2.07 bits per heavy atom. The van der Waals surface area contributed by atoms with Crippen LogP contribution in [0.15, 0.2) is 0 Å². The van der Waals surface area contributed by atoms with Gasteiger partial charge >= 0.3 is 0 Å². The van der Waals surface area contributed by atoms with Crippen molar-refractivity contribution in [3.8, 4) is 12.3 Å². The highest BCUT2D eigenvalue weighted by Gasteiger charge is 2.41. The van der Waals surface area contributed by atoms with E-state index < -0.39 is 0 Å². The largest absolute Gasteiger partial charge is 0.324 e. The maximum atomic E-state index is 11.7. The molecule has 1 aliphatic carbocycles. The molecule has 3 nitrogen and oxygen atoms in total. The molecule has 1 heterocycles. The lowest BCUT2D eigenvalue weighted by atomic mass is 9.79. The average Bonchev–Trinajstić information content (AvgIpc) is 2.30. The Balaban J connectivity index is 2.18. The Kier molecular flexibility index (Phi) is 2.97. The molecule has 1 aliphatic heterocycles. The fraction of sp³-hybridized carbons (Fsp3) is 0.750. The van der Waals surface area contributed by atoms with Crippen LogP contribution in [0.2, 0.25) is 0 Å². The van der Waals surface area contributed by atoms with Gasteiger partial charge in [-0.05, 0) is 18.8 Å². The molecule has 0 aromatic heterocycles. The van der Waals surface area contributed by atoms with E-state index in [0.717, 1.165) is 32.5 Å². The highest BCUT2D eigenvalue weighted by molar-refractivity contribution is 5.93. The molecule has 0 atom stereocenters. The number of terminal acetylenes is 1. The third-order valence-electron chi connectivity index (χ3n) is 3.69. The van der Waals surface area contributed by atoms with Crippen molar-refractivity contribution in [1.29, 1.82) is 0 Å². The second-order valence-electron chi connectivity index (χ2n) is 4.56. The van der Waals surface area contributed by atoms with Crippen LogP contribution in [0.4, 0.5) is 0 Å². The number of rotatable bonds is 0. The first-order valence-electron chi connectivity index (χ1n) is 5.77. The summed E-state index contributed by atoms with van der Waals surface area (Å²) in [4.78, 5) is 13.6. The van der Waals surface area contributed by atoms with Crippen LogP contribution < -0.4 is 5.32 Å². The molecule has 0 aromatic carbocycles. The molecule has 0 radical (unpaired) electrons. The smallest absolute Gasteiger partial charge is 0.298 e. The van der Waals surface area contributed by atoms with Gasteiger partial charge in [-0.3, -0.25) is 4.79 Å². The second-order valence-corrected chi connectivity index (χ2v) is 4.56. The third kappa shape index (κ3) is 1.87. The molecule has 1 amide bonds. The van der Waals surface area contributed by atoms with Crippen molar-refractivity contribution in [2.24, 2.45) is 0 Å². The van der Waals surface area contributed by atoms with Crippen LogP contribution in [0.5, 0.6) is 0 Å². The van der Waals surface area contributed by atoms with Crippen LogP contribution in [-0.2, 0) is 4.79 Å². The highest BCUT2D eigenvalue weighted by atomic mass is 16.2. The van der Waals surface area contributed by atoms with Gasteiger partial charge in [0.2, 0.25) is 0 Å². The van der Waals surface area contributed by atoms with Gasteiger partial charge < -0.3 is 10.2 Å². The number of amides is 1. The molecular formula is C12H18N2O. The first-order valence-corrected chi connectivity index (χ1v) is 5.77. The van der Waals surface area contributed by atoms with Crippen LogP contribution in [0.25, 0.3) is 0 Å². The lowest BCUT2D eigenvalue weighted by Crippen LogP contribution is -2.63. The number of nitrogens with one attached hydrogen (secondary N) is 1. The fourth-order valence-electron chi connectivity index (χ4n) is 2.90. The molecule has 0 unspecified atom stereocenters. The van der Waals surface area contributed by atoms with Gasteiger partial charge in [0.15, 0.2) is 0 Å². The van der Waals surface area contributed by atoms with Crippen molar-refractivity contribution in [2.45, 2.75) is 37.6 Å². The number of carbonyl (C=O) groups is 1. The molecule has 82 valence electrons. The summed E-state index contributed by atoms with van der Waals surface area (Å²) in [6.45, 7) is 2.55. The molecule has 2 aliphatic rings. The first-order chi connectivity index (χ1) is 7.28. The Hall–Kier alpha value is -1.01. The van der Waals surface area contributed by atoms with E-state index in [1.165, 1.54) is 19.3 Å². The summed E-state index contributed by atoms with van der Waals surface area (Å²) in [5, 5.41) is 3.39. The van der Waals surface area contributed by atoms with Gasteiger partial charge in [0.1, 0.15) is 0 Å². The summed E-state index contributed by atoms with van der Waals surface area (Å²) in [5.41, 5.74) is 0.0277. The van der Waals surface area contributed by atoms with Gasteiger partial charge in [0.25, 0.3) is 5.91 Å². The molecule has 1 saturated carbocycles. The van der Waals surface area contributed by atoms with Crippen molar-refractivity contribution >= 4 is 5.91 Å². The number of piperazine rings is 1. The number of carbonyl (C=O) groups excluding carboxylic acids is 1.